The highest BCUT2D eigenvalue weighted by atomic mass is 79.9. The quantitative estimate of drug-likeness (QED) is 0.845. The standard InChI is InChI=1S/C13H20BrNO/c1-10-11(14)6-5-7-12(10)15-8-9-16-13(2,3)4/h5-7,15H,8-9H2,1-4H3. The van der Waals surface area contributed by atoms with Crippen LogP contribution in [0.1, 0.15) is 26.3 Å². The number of benzene rings is 1. The van der Waals surface area contributed by atoms with Gasteiger partial charge in [0, 0.05) is 16.7 Å². The van der Waals surface area contributed by atoms with E-state index in [-0.39, 0.29) is 5.60 Å². The predicted molar refractivity (Wildman–Crippen MR) is 73.1 cm³/mol. The Hall–Kier alpha value is -0.540. The maximum absolute atomic E-state index is 5.65. The van der Waals surface area contributed by atoms with E-state index in [0.29, 0.717) is 0 Å². The molecule has 2 nitrogen and oxygen atoms in total. The van der Waals surface area contributed by atoms with Crippen LogP contribution in [0.5, 0.6) is 0 Å². The average Bonchev–Trinajstić information content (AvgIpc) is 2.17. The summed E-state index contributed by atoms with van der Waals surface area (Å²) in [6.45, 7) is 9.84. The molecular formula is C13H20BrNO. The first-order chi connectivity index (χ1) is 7.40. The number of hydrogen-bond acceptors (Lipinski definition) is 2. The summed E-state index contributed by atoms with van der Waals surface area (Å²) >= 11 is 3.52. The van der Waals surface area contributed by atoms with E-state index in [4.69, 9.17) is 4.74 Å². The molecule has 0 bridgehead atoms. The van der Waals surface area contributed by atoms with E-state index in [2.05, 4.69) is 55.0 Å². The molecule has 16 heavy (non-hydrogen) atoms. The van der Waals surface area contributed by atoms with Crippen LogP contribution >= 0.6 is 15.9 Å². The molecule has 0 heterocycles. The molecule has 0 aliphatic carbocycles. The molecule has 0 saturated heterocycles. The Labute approximate surface area is 107 Å². The molecule has 1 rings (SSSR count). The lowest BCUT2D eigenvalue weighted by Crippen LogP contribution is -2.23. The average molecular weight is 286 g/mol. The van der Waals surface area contributed by atoms with Crippen LogP contribution in [-0.4, -0.2) is 18.8 Å². The SMILES string of the molecule is Cc1c(Br)cccc1NCCOC(C)(C)C. The maximum Gasteiger partial charge on any atom is 0.0646 e. The van der Waals surface area contributed by atoms with Crippen LogP contribution in [0.3, 0.4) is 0 Å². The van der Waals surface area contributed by atoms with Crippen LogP contribution in [0, 0.1) is 6.92 Å². The predicted octanol–water partition coefficient (Wildman–Crippen LogP) is 3.98. The second-order valence-corrected chi connectivity index (χ2v) is 5.65. The molecule has 0 saturated carbocycles. The second-order valence-electron chi connectivity index (χ2n) is 4.80. The van der Waals surface area contributed by atoms with Crippen LogP contribution in [0.4, 0.5) is 5.69 Å². The first-order valence-electron chi connectivity index (χ1n) is 5.53. The zero-order chi connectivity index (χ0) is 12.2. The van der Waals surface area contributed by atoms with Gasteiger partial charge in [0.25, 0.3) is 0 Å². The molecule has 0 atom stereocenters. The molecule has 0 aliphatic heterocycles. The highest BCUT2D eigenvalue weighted by Crippen LogP contribution is 2.23. The molecule has 1 aromatic carbocycles. The summed E-state index contributed by atoms with van der Waals surface area (Å²) in [5.74, 6) is 0. The fourth-order valence-electron chi connectivity index (χ4n) is 1.34. The van der Waals surface area contributed by atoms with Crippen LogP contribution in [0.25, 0.3) is 0 Å². The van der Waals surface area contributed by atoms with Crippen molar-refractivity contribution in [3.8, 4) is 0 Å². The first-order valence-corrected chi connectivity index (χ1v) is 6.32. The summed E-state index contributed by atoms with van der Waals surface area (Å²) in [4.78, 5) is 0. The molecular weight excluding hydrogens is 266 g/mol. The first kappa shape index (κ1) is 13.5. The maximum atomic E-state index is 5.65. The van der Waals surface area contributed by atoms with Gasteiger partial charge in [0.05, 0.1) is 12.2 Å². The Bertz CT molecular complexity index is 344. The molecule has 1 aromatic rings. The van der Waals surface area contributed by atoms with Gasteiger partial charge in [-0.25, -0.2) is 0 Å². The van der Waals surface area contributed by atoms with Gasteiger partial charge >= 0.3 is 0 Å². The van der Waals surface area contributed by atoms with Crippen molar-refractivity contribution in [1.82, 2.24) is 0 Å². The van der Waals surface area contributed by atoms with Crippen molar-refractivity contribution in [2.75, 3.05) is 18.5 Å². The van der Waals surface area contributed by atoms with E-state index >= 15 is 0 Å². The zero-order valence-electron chi connectivity index (χ0n) is 10.4. The molecule has 0 amide bonds. The van der Waals surface area contributed by atoms with Gasteiger partial charge in [-0.1, -0.05) is 22.0 Å². The minimum absolute atomic E-state index is 0.0615. The van der Waals surface area contributed by atoms with Crippen molar-refractivity contribution in [2.24, 2.45) is 0 Å². The normalized spacial score (nSPS) is 11.6. The van der Waals surface area contributed by atoms with E-state index in [1.54, 1.807) is 0 Å². The van der Waals surface area contributed by atoms with Gasteiger partial charge in [-0.05, 0) is 45.4 Å². The van der Waals surface area contributed by atoms with Gasteiger partial charge in [0.15, 0.2) is 0 Å². The third-order valence-corrected chi connectivity index (χ3v) is 3.08. The summed E-state index contributed by atoms with van der Waals surface area (Å²) in [6.07, 6.45) is 0. The van der Waals surface area contributed by atoms with Gasteiger partial charge in [-0.15, -0.1) is 0 Å². The number of ether oxygens (including phenoxy) is 1. The van der Waals surface area contributed by atoms with E-state index in [1.807, 2.05) is 12.1 Å². The molecule has 0 aliphatic rings. The van der Waals surface area contributed by atoms with Crippen LogP contribution in [0.15, 0.2) is 22.7 Å². The molecule has 1 N–H and O–H groups in total. The lowest BCUT2D eigenvalue weighted by atomic mass is 10.2. The summed E-state index contributed by atoms with van der Waals surface area (Å²) in [5.41, 5.74) is 2.33. The molecule has 3 heteroatoms. The van der Waals surface area contributed by atoms with Crippen LogP contribution < -0.4 is 5.32 Å². The Morgan fingerprint density at radius 3 is 2.62 bits per heavy atom. The van der Waals surface area contributed by atoms with Crippen molar-refractivity contribution >= 4 is 21.6 Å². The topological polar surface area (TPSA) is 21.3 Å². The Kier molecular flexibility index (Phi) is 4.81. The Balaban J connectivity index is 2.41. The minimum atomic E-state index is -0.0615. The van der Waals surface area contributed by atoms with E-state index in [1.165, 1.54) is 5.56 Å². The second kappa shape index (κ2) is 5.69. The largest absolute Gasteiger partial charge is 0.382 e. The number of halogens is 1. The number of rotatable bonds is 4. The summed E-state index contributed by atoms with van der Waals surface area (Å²) in [6, 6.07) is 6.16. The Morgan fingerprint density at radius 2 is 2.00 bits per heavy atom. The number of anilines is 1. The number of hydrogen-bond donors (Lipinski definition) is 1. The molecule has 0 fully saturated rings. The van der Waals surface area contributed by atoms with Crippen LogP contribution in [0.2, 0.25) is 0 Å². The third-order valence-electron chi connectivity index (χ3n) is 2.22. The number of nitrogens with one attached hydrogen (secondary N) is 1. The van der Waals surface area contributed by atoms with Crippen molar-refractivity contribution in [2.45, 2.75) is 33.3 Å². The highest BCUT2D eigenvalue weighted by molar-refractivity contribution is 9.10. The van der Waals surface area contributed by atoms with Crippen molar-refractivity contribution < 1.29 is 4.74 Å². The third kappa shape index (κ3) is 4.54. The lowest BCUT2D eigenvalue weighted by Gasteiger charge is -2.20. The summed E-state index contributed by atoms with van der Waals surface area (Å²) < 4.78 is 6.78. The van der Waals surface area contributed by atoms with Gasteiger partial charge in [-0.2, -0.15) is 0 Å². The van der Waals surface area contributed by atoms with E-state index < -0.39 is 0 Å². The fraction of sp³-hybridized carbons (Fsp3) is 0.538. The lowest BCUT2D eigenvalue weighted by molar-refractivity contribution is 0.00333. The molecule has 0 spiro atoms. The zero-order valence-corrected chi connectivity index (χ0v) is 12.0. The van der Waals surface area contributed by atoms with Gasteiger partial charge < -0.3 is 10.1 Å². The summed E-state index contributed by atoms with van der Waals surface area (Å²) in [5, 5.41) is 3.37. The van der Waals surface area contributed by atoms with Crippen molar-refractivity contribution in [1.29, 1.82) is 0 Å². The van der Waals surface area contributed by atoms with Crippen LogP contribution in [-0.2, 0) is 4.74 Å². The monoisotopic (exact) mass is 285 g/mol. The molecule has 0 aromatic heterocycles. The van der Waals surface area contributed by atoms with Crippen molar-refractivity contribution in [3.63, 3.8) is 0 Å². The molecule has 0 radical (unpaired) electrons. The van der Waals surface area contributed by atoms with Crippen molar-refractivity contribution in [3.05, 3.63) is 28.2 Å². The van der Waals surface area contributed by atoms with Gasteiger partial charge in [0.2, 0.25) is 0 Å². The van der Waals surface area contributed by atoms with E-state index in [0.717, 1.165) is 23.3 Å². The van der Waals surface area contributed by atoms with Gasteiger partial charge in [0.1, 0.15) is 0 Å². The fourth-order valence-corrected chi connectivity index (χ4v) is 1.71. The smallest absolute Gasteiger partial charge is 0.0646 e. The minimum Gasteiger partial charge on any atom is -0.382 e. The molecule has 0 unspecified atom stereocenters. The summed E-state index contributed by atoms with van der Waals surface area (Å²) in [7, 11) is 0. The van der Waals surface area contributed by atoms with E-state index in [9.17, 15) is 0 Å². The molecule has 90 valence electrons. The highest BCUT2D eigenvalue weighted by Gasteiger charge is 2.09. The van der Waals surface area contributed by atoms with Gasteiger partial charge in [-0.3, -0.25) is 0 Å². The Morgan fingerprint density at radius 1 is 1.31 bits per heavy atom.